The highest BCUT2D eigenvalue weighted by Gasteiger charge is 2.28. The molecule has 0 radical (unpaired) electrons. The van der Waals surface area contributed by atoms with Crippen molar-refractivity contribution in [3.05, 3.63) is 22.6 Å². The van der Waals surface area contributed by atoms with Crippen LogP contribution in [0.3, 0.4) is 0 Å². The molecule has 0 saturated carbocycles. The summed E-state index contributed by atoms with van der Waals surface area (Å²) in [5.74, 6) is -1.77. The van der Waals surface area contributed by atoms with E-state index in [0.29, 0.717) is 4.67 Å². The Bertz CT molecular complexity index is 553. The van der Waals surface area contributed by atoms with Gasteiger partial charge in [-0.15, -0.1) is 0 Å². The molecular formula is C13H17BrN2O5. The molecule has 0 unspecified atom stereocenters. The Kier molecular flexibility index (Phi) is 5.54. The van der Waals surface area contributed by atoms with E-state index in [9.17, 15) is 14.4 Å². The minimum atomic E-state index is -1.07. The SMILES string of the molecule is CN(CC(=O)NCC(C)(C)C(=O)O)C(=O)c1ccc(Br)o1. The van der Waals surface area contributed by atoms with Crippen molar-refractivity contribution in [2.24, 2.45) is 5.41 Å². The van der Waals surface area contributed by atoms with Gasteiger partial charge in [-0.1, -0.05) is 0 Å². The fourth-order valence-electron chi connectivity index (χ4n) is 1.36. The first-order valence-corrected chi connectivity index (χ1v) is 6.93. The lowest BCUT2D eigenvalue weighted by molar-refractivity contribution is -0.146. The number of carbonyl (C=O) groups excluding carboxylic acids is 2. The summed E-state index contributed by atoms with van der Waals surface area (Å²) in [6, 6.07) is 3.07. The van der Waals surface area contributed by atoms with Crippen LogP contribution in [0.1, 0.15) is 24.4 Å². The highest BCUT2D eigenvalue weighted by molar-refractivity contribution is 9.10. The molecule has 1 aromatic rings. The molecule has 116 valence electrons. The second-order valence-electron chi connectivity index (χ2n) is 5.23. The van der Waals surface area contributed by atoms with E-state index >= 15 is 0 Å². The van der Waals surface area contributed by atoms with E-state index in [4.69, 9.17) is 9.52 Å². The van der Waals surface area contributed by atoms with Gasteiger partial charge < -0.3 is 19.7 Å². The predicted molar refractivity (Wildman–Crippen MR) is 77.8 cm³/mol. The third-order valence-corrected chi connectivity index (χ3v) is 3.24. The molecule has 0 fully saturated rings. The van der Waals surface area contributed by atoms with E-state index in [1.165, 1.54) is 31.9 Å². The number of hydrogen-bond donors (Lipinski definition) is 2. The maximum atomic E-state index is 11.9. The quantitative estimate of drug-likeness (QED) is 0.797. The molecule has 8 heteroatoms. The molecule has 0 aromatic carbocycles. The average molecular weight is 361 g/mol. The number of furan rings is 1. The number of aliphatic carboxylic acids is 1. The monoisotopic (exact) mass is 360 g/mol. The molecule has 21 heavy (non-hydrogen) atoms. The predicted octanol–water partition coefficient (Wildman–Crippen LogP) is 1.34. The molecule has 1 heterocycles. The highest BCUT2D eigenvalue weighted by Crippen LogP contribution is 2.15. The van der Waals surface area contributed by atoms with Crippen LogP contribution >= 0.6 is 15.9 Å². The Morgan fingerprint density at radius 2 is 2.00 bits per heavy atom. The van der Waals surface area contributed by atoms with Crippen molar-refractivity contribution in [1.29, 1.82) is 0 Å². The molecular weight excluding hydrogens is 344 g/mol. The number of likely N-dealkylation sites (N-methyl/N-ethyl adjacent to an activating group) is 1. The van der Waals surface area contributed by atoms with Crippen LogP contribution in [0.2, 0.25) is 0 Å². The number of nitrogens with zero attached hydrogens (tertiary/aromatic N) is 1. The summed E-state index contributed by atoms with van der Waals surface area (Å²) < 4.78 is 5.53. The van der Waals surface area contributed by atoms with Crippen molar-refractivity contribution < 1.29 is 23.9 Å². The zero-order valence-electron chi connectivity index (χ0n) is 12.0. The van der Waals surface area contributed by atoms with E-state index in [0.717, 1.165) is 0 Å². The Labute approximate surface area is 130 Å². The van der Waals surface area contributed by atoms with Gasteiger partial charge in [-0.05, 0) is 41.9 Å². The second kappa shape index (κ2) is 6.75. The summed E-state index contributed by atoms with van der Waals surface area (Å²) in [4.78, 5) is 35.8. The van der Waals surface area contributed by atoms with Crippen LogP contribution in [-0.4, -0.2) is 47.9 Å². The van der Waals surface area contributed by atoms with E-state index in [1.807, 2.05) is 0 Å². The Morgan fingerprint density at radius 3 is 2.48 bits per heavy atom. The number of nitrogens with one attached hydrogen (secondary N) is 1. The topological polar surface area (TPSA) is 99.9 Å². The van der Waals surface area contributed by atoms with E-state index < -0.39 is 23.2 Å². The number of carboxylic acid groups (broad SMARTS) is 1. The van der Waals surface area contributed by atoms with Gasteiger partial charge in [0.25, 0.3) is 5.91 Å². The van der Waals surface area contributed by atoms with Gasteiger partial charge in [0.15, 0.2) is 10.4 Å². The Balaban J connectivity index is 2.51. The zero-order chi connectivity index (χ0) is 16.2. The standard InChI is InChI=1S/C13H17BrN2O5/c1-13(2,12(19)20)7-15-10(17)6-16(3)11(18)8-4-5-9(14)21-8/h4-5H,6-7H2,1-3H3,(H,15,17)(H,19,20). The fraction of sp³-hybridized carbons (Fsp3) is 0.462. The van der Waals surface area contributed by atoms with Gasteiger partial charge in [0.2, 0.25) is 5.91 Å². The van der Waals surface area contributed by atoms with Gasteiger partial charge in [-0.25, -0.2) is 0 Å². The summed E-state index contributed by atoms with van der Waals surface area (Å²) in [5.41, 5.74) is -1.07. The van der Waals surface area contributed by atoms with Gasteiger partial charge in [-0.3, -0.25) is 14.4 Å². The summed E-state index contributed by atoms with van der Waals surface area (Å²) in [5, 5.41) is 11.4. The lowest BCUT2D eigenvalue weighted by Gasteiger charge is -2.21. The van der Waals surface area contributed by atoms with Gasteiger partial charge in [0.1, 0.15) is 0 Å². The number of amides is 2. The van der Waals surface area contributed by atoms with Crippen molar-refractivity contribution in [3.63, 3.8) is 0 Å². The molecule has 0 atom stereocenters. The van der Waals surface area contributed by atoms with Crippen LogP contribution in [0.15, 0.2) is 21.2 Å². The van der Waals surface area contributed by atoms with Gasteiger partial charge in [0.05, 0.1) is 12.0 Å². The van der Waals surface area contributed by atoms with E-state index in [-0.39, 0.29) is 18.8 Å². The number of carboxylic acids is 1. The van der Waals surface area contributed by atoms with Crippen molar-refractivity contribution in [1.82, 2.24) is 10.2 Å². The van der Waals surface area contributed by atoms with Crippen molar-refractivity contribution in [3.8, 4) is 0 Å². The summed E-state index contributed by atoms with van der Waals surface area (Å²) >= 11 is 3.09. The molecule has 1 rings (SSSR count). The number of halogens is 1. The molecule has 0 aliphatic heterocycles. The Morgan fingerprint density at radius 1 is 1.38 bits per heavy atom. The maximum absolute atomic E-state index is 11.9. The van der Waals surface area contributed by atoms with Crippen LogP contribution in [0.5, 0.6) is 0 Å². The largest absolute Gasteiger partial charge is 0.481 e. The molecule has 0 aliphatic carbocycles. The third kappa shape index (κ3) is 4.89. The highest BCUT2D eigenvalue weighted by atomic mass is 79.9. The first kappa shape index (κ1) is 17.2. The first-order valence-electron chi connectivity index (χ1n) is 6.14. The van der Waals surface area contributed by atoms with E-state index in [1.54, 1.807) is 6.07 Å². The normalized spacial score (nSPS) is 11.0. The van der Waals surface area contributed by atoms with Gasteiger partial charge in [-0.2, -0.15) is 0 Å². The molecule has 1 aromatic heterocycles. The molecule has 2 amide bonds. The third-order valence-electron chi connectivity index (χ3n) is 2.82. The number of hydrogen-bond acceptors (Lipinski definition) is 4. The molecule has 0 bridgehead atoms. The lowest BCUT2D eigenvalue weighted by Crippen LogP contribution is -2.43. The van der Waals surface area contributed by atoms with Gasteiger partial charge in [0, 0.05) is 13.6 Å². The summed E-state index contributed by atoms with van der Waals surface area (Å²) in [6.07, 6.45) is 0. The van der Waals surface area contributed by atoms with Crippen molar-refractivity contribution in [2.45, 2.75) is 13.8 Å². The van der Waals surface area contributed by atoms with Crippen LogP contribution in [0.25, 0.3) is 0 Å². The fourth-order valence-corrected chi connectivity index (χ4v) is 1.66. The minimum Gasteiger partial charge on any atom is -0.481 e. The number of carbonyl (C=O) groups is 3. The number of rotatable bonds is 6. The van der Waals surface area contributed by atoms with Crippen LogP contribution in [0.4, 0.5) is 0 Å². The van der Waals surface area contributed by atoms with E-state index in [2.05, 4.69) is 21.2 Å². The molecule has 7 nitrogen and oxygen atoms in total. The molecule has 0 saturated heterocycles. The maximum Gasteiger partial charge on any atom is 0.310 e. The van der Waals surface area contributed by atoms with Crippen LogP contribution in [0, 0.1) is 5.41 Å². The van der Waals surface area contributed by atoms with Crippen LogP contribution in [-0.2, 0) is 9.59 Å². The van der Waals surface area contributed by atoms with Crippen molar-refractivity contribution >= 4 is 33.7 Å². The lowest BCUT2D eigenvalue weighted by atomic mass is 9.94. The Hall–Kier alpha value is -1.83. The summed E-state index contributed by atoms with van der Waals surface area (Å²) in [7, 11) is 1.46. The first-order chi connectivity index (χ1) is 9.63. The van der Waals surface area contributed by atoms with Crippen LogP contribution < -0.4 is 5.32 Å². The van der Waals surface area contributed by atoms with Crippen molar-refractivity contribution in [2.75, 3.05) is 20.1 Å². The summed E-state index contributed by atoms with van der Waals surface area (Å²) in [6.45, 7) is 2.80. The molecule has 0 aliphatic rings. The average Bonchev–Trinajstić information content (AvgIpc) is 2.82. The molecule has 2 N–H and O–H groups in total. The second-order valence-corrected chi connectivity index (χ2v) is 6.01. The minimum absolute atomic E-state index is 0.0184. The molecule has 0 spiro atoms. The smallest absolute Gasteiger partial charge is 0.310 e. The van der Waals surface area contributed by atoms with Gasteiger partial charge >= 0.3 is 5.97 Å². The zero-order valence-corrected chi connectivity index (χ0v) is 13.6.